The Kier molecular flexibility index (Phi) is 11.0. The zero-order valence-electron chi connectivity index (χ0n) is 21.0. The van der Waals surface area contributed by atoms with E-state index in [9.17, 15) is 4.79 Å². The first-order valence-corrected chi connectivity index (χ1v) is 13.6. The molecule has 0 N–H and O–H groups in total. The van der Waals surface area contributed by atoms with Gasteiger partial charge in [-0.05, 0) is 72.9 Å². The third-order valence-electron chi connectivity index (χ3n) is 7.42. The van der Waals surface area contributed by atoms with Gasteiger partial charge in [0.25, 0.3) is 0 Å². The molecular weight excluding hydrogens is 404 g/mol. The number of hydrogen-bond donors (Lipinski definition) is 0. The first kappa shape index (κ1) is 25.5. The van der Waals surface area contributed by atoms with Gasteiger partial charge in [0.15, 0.2) is 0 Å². The second-order valence-electron chi connectivity index (χ2n) is 10.1. The average molecular weight is 449 g/mol. The maximum absolute atomic E-state index is 12.5. The second kappa shape index (κ2) is 14.2. The number of hydrogen-bond acceptors (Lipinski definition) is 2. The van der Waals surface area contributed by atoms with Crippen LogP contribution in [0.2, 0.25) is 0 Å². The van der Waals surface area contributed by atoms with Gasteiger partial charge < -0.3 is 4.74 Å². The molecule has 1 aliphatic rings. The highest BCUT2D eigenvalue weighted by Crippen LogP contribution is 2.34. The van der Waals surface area contributed by atoms with E-state index in [1.165, 1.54) is 88.2 Å². The summed E-state index contributed by atoms with van der Waals surface area (Å²) in [7, 11) is 0. The van der Waals surface area contributed by atoms with E-state index in [0.29, 0.717) is 11.3 Å². The van der Waals surface area contributed by atoms with E-state index in [4.69, 9.17) is 4.74 Å². The third kappa shape index (κ3) is 8.99. The molecule has 0 heterocycles. The summed E-state index contributed by atoms with van der Waals surface area (Å²) in [5.74, 6) is 2.22. The Labute approximate surface area is 202 Å². The van der Waals surface area contributed by atoms with E-state index in [0.717, 1.165) is 24.7 Å². The van der Waals surface area contributed by atoms with Crippen LogP contribution in [-0.2, 0) is 12.8 Å². The highest BCUT2D eigenvalue weighted by molar-refractivity contribution is 5.91. The van der Waals surface area contributed by atoms with Crippen molar-refractivity contribution in [2.75, 3.05) is 0 Å². The van der Waals surface area contributed by atoms with Crippen molar-refractivity contribution in [3.63, 3.8) is 0 Å². The van der Waals surface area contributed by atoms with Gasteiger partial charge in [-0.2, -0.15) is 0 Å². The molecule has 1 aliphatic carbocycles. The van der Waals surface area contributed by atoms with E-state index in [-0.39, 0.29) is 5.97 Å². The molecule has 2 nitrogen and oxygen atoms in total. The number of carbonyl (C=O) groups is 1. The normalized spacial score (nSPS) is 18.2. The van der Waals surface area contributed by atoms with Crippen LogP contribution in [0.1, 0.15) is 112 Å². The smallest absolute Gasteiger partial charge is 0.343 e. The number of carbonyl (C=O) groups excluding carboxylic acids is 1. The lowest BCUT2D eigenvalue weighted by atomic mass is 9.78. The van der Waals surface area contributed by atoms with Crippen molar-refractivity contribution in [2.24, 2.45) is 11.8 Å². The van der Waals surface area contributed by atoms with Crippen molar-refractivity contribution in [2.45, 2.75) is 104 Å². The molecule has 33 heavy (non-hydrogen) atoms. The highest BCUT2D eigenvalue weighted by Gasteiger charge is 2.20. The van der Waals surface area contributed by atoms with E-state index in [1.807, 2.05) is 36.4 Å². The van der Waals surface area contributed by atoms with Gasteiger partial charge in [-0.25, -0.2) is 4.79 Å². The van der Waals surface area contributed by atoms with Crippen molar-refractivity contribution in [1.82, 2.24) is 0 Å². The Morgan fingerprint density at radius 3 is 1.88 bits per heavy atom. The summed E-state index contributed by atoms with van der Waals surface area (Å²) in [5, 5.41) is 0. The van der Waals surface area contributed by atoms with Crippen molar-refractivity contribution in [3.05, 3.63) is 65.2 Å². The molecule has 2 heteroatoms. The van der Waals surface area contributed by atoms with Gasteiger partial charge in [-0.15, -0.1) is 0 Å². The summed E-state index contributed by atoms with van der Waals surface area (Å²) >= 11 is 0. The molecule has 0 amide bonds. The standard InChI is InChI=1S/C31H44O2/c1-3-5-7-9-25-11-13-27(14-12-25)15-16-28-19-23-30(24-20-28)33-31(32)29-21-17-26(18-22-29)10-8-6-4-2/h17-25,27H,3-16H2,1-2H3. The lowest BCUT2D eigenvalue weighted by molar-refractivity contribution is 0.0734. The van der Waals surface area contributed by atoms with Crippen LogP contribution < -0.4 is 4.74 Å². The summed E-state index contributed by atoms with van der Waals surface area (Å²) in [4.78, 5) is 12.5. The first-order chi connectivity index (χ1) is 16.2. The fourth-order valence-corrected chi connectivity index (χ4v) is 5.14. The van der Waals surface area contributed by atoms with Gasteiger partial charge >= 0.3 is 5.97 Å². The summed E-state index contributed by atoms with van der Waals surface area (Å²) in [5.41, 5.74) is 3.24. The highest BCUT2D eigenvalue weighted by atomic mass is 16.5. The molecule has 1 fully saturated rings. The van der Waals surface area contributed by atoms with E-state index in [1.54, 1.807) is 0 Å². The molecule has 0 radical (unpaired) electrons. The van der Waals surface area contributed by atoms with Crippen LogP contribution in [0.15, 0.2) is 48.5 Å². The average Bonchev–Trinajstić information content (AvgIpc) is 2.85. The van der Waals surface area contributed by atoms with Crippen LogP contribution in [0.3, 0.4) is 0 Å². The number of esters is 1. The molecule has 2 aromatic rings. The van der Waals surface area contributed by atoms with Crippen molar-refractivity contribution >= 4 is 5.97 Å². The molecule has 3 rings (SSSR count). The molecule has 0 atom stereocenters. The minimum absolute atomic E-state index is 0.279. The lowest BCUT2D eigenvalue weighted by Crippen LogP contribution is -2.15. The first-order valence-electron chi connectivity index (χ1n) is 13.6. The van der Waals surface area contributed by atoms with Crippen LogP contribution in [0, 0.1) is 11.8 Å². The Balaban J connectivity index is 1.38. The molecule has 0 spiro atoms. The molecule has 2 aromatic carbocycles. The molecule has 0 bridgehead atoms. The number of ether oxygens (including phenoxy) is 1. The Morgan fingerprint density at radius 2 is 1.24 bits per heavy atom. The molecular formula is C31H44O2. The van der Waals surface area contributed by atoms with E-state index < -0.39 is 0 Å². The van der Waals surface area contributed by atoms with Crippen LogP contribution in [0.25, 0.3) is 0 Å². The van der Waals surface area contributed by atoms with E-state index >= 15 is 0 Å². The summed E-state index contributed by atoms with van der Waals surface area (Å²) < 4.78 is 5.60. The fourth-order valence-electron chi connectivity index (χ4n) is 5.14. The van der Waals surface area contributed by atoms with Gasteiger partial charge in [-0.1, -0.05) is 102 Å². The van der Waals surface area contributed by atoms with Crippen LogP contribution in [-0.4, -0.2) is 5.97 Å². The van der Waals surface area contributed by atoms with Gasteiger partial charge in [0.05, 0.1) is 5.56 Å². The summed E-state index contributed by atoms with van der Waals surface area (Å²) in [6.45, 7) is 4.51. The third-order valence-corrected chi connectivity index (χ3v) is 7.42. The quantitative estimate of drug-likeness (QED) is 0.174. The zero-order chi connectivity index (χ0) is 23.3. The minimum Gasteiger partial charge on any atom is -0.423 e. The van der Waals surface area contributed by atoms with Gasteiger partial charge in [0.2, 0.25) is 0 Å². The summed E-state index contributed by atoms with van der Waals surface area (Å²) in [6, 6.07) is 16.0. The topological polar surface area (TPSA) is 26.3 Å². The SMILES string of the molecule is CCCCCc1ccc(C(=O)Oc2ccc(CCC3CCC(CCCCC)CC3)cc2)cc1. The minimum atomic E-state index is -0.279. The van der Waals surface area contributed by atoms with Crippen molar-refractivity contribution in [1.29, 1.82) is 0 Å². The van der Waals surface area contributed by atoms with Gasteiger partial charge in [-0.3, -0.25) is 0 Å². The fraction of sp³-hybridized carbons (Fsp3) is 0.581. The second-order valence-corrected chi connectivity index (χ2v) is 10.1. The largest absolute Gasteiger partial charge is 0.423 e. The van der Waals surface area contributed by atoms with Crippen LogP contribution >= 0.6 is 0 Å². The predicted molar refractivity (Wildman–Crippen MR) is 139 cm³/mol. The molecule has 0 aromatic heterocycles. The Bertz CT molecular complexity index is 798. The van der Waals surface area contributed by atoms with Crippen LogP contribution in [0.5, 0.6) is 5.75 Å². The Morgan fingerprint density at radius 1 is 0.697 bits per heavy atom. The maximum atomic E-state index is 12.5. The number of rotatable bonds is 13. The predicted octanol–water partition coefficient (Wildman–Crippen LogP) is 8.96. The zero-order valence-corrected chi connectivity index (χ0v) is 21.0. The number of unbranched alkanes of at least 4 members (excludes halogenated alkanes) is 4. The lowest BCUT2D eigenvalue weighted by Gasteiger charge is -2.28. The molecule has 0 unspecified atom stereocenters. The Hall–Kier alpha value is -2.09. The van der Waals surface area contributed by atoms with Crippen molar-refractivity contribution < 1.29 is 9.53 Å². The summed E-state index contributed by atoms with van der Waals surface area (Å²) in [6.07, 6.45) is 18.4. The molecule has 0 saturated heterocycles. The number of benzene rings is 2. The van der Waals surface area contributed by atoms with Gasteiger partial charge in [0.1, 0.15) is 5.75 Å². The molecule has 180 valence electrons. The maximum Gasteiger partial charge on any atom is 0.343 e. The monoisotopic (exact) mass is 448 g/mol. The molecule has 0 aliphatic heterocycles. The number of aryl methyl sites for hydroxylation is 2. The molecule has 1 saturated carbocycles. The van der Waals surface area contributed by atoms with Gasteiger partial charge in [0, 0.05) is 0 Å². The van der Waals surface area contributed by atoms with Crippen LogP contribution in [0.4, 0.5) is 0 Å². The van der Waals surface area contributed by atoms with Crippen molar-refractivity contribution in [3.8, 4) is 5.75 Å². The van der Waals surface area contributed by atoms with E-state index in [2.05, 4.69) is 26.0 Å².